The molecule has 0 aliphatic heterocycles. The Kier molecular flexibility index (Phi) is 2.40. The molecule has 4 aliphatic carbocycles. The predicted octanol–water partition coefficient (Wildman–Crippen LogP) is 3.59. The van der Waals surface area contributed by atoms with Crippen molar-refractivity contribution in [3.63, 3.8) is 0 Å². The molecular weight excluding hydrogens is 268 g/mol. The van der Waals surface area contributed by atoms with Gasteiger partial charge in [0.1, 0.15) is 0 Å². The van der Waals surface area contributed by atoms with Gasteiger partial charge in [0.05, 0.1) is 0 Å². The zero-order chi connectivity index (χ0) is 11.4. The lowest BCUT2D eigenvalue weighted by molar-refractivity contribution is -0.139. The number of halogens is 1. The topological polar surface area (TPSA) is 37.3 Å². The van der Waals surface area contributed by atoms with Gasteiger partial charge in [-0.25, -0.2) is 0 Å². The molecule has 0 amide bonds. The molecule has 4 fully saturated rings. The number of hydrogen-bond donors (Lipinski definition) is 1. The van der Waals surface area contributed by atoms with E-state index in [-0.39, 0.29) is 0 Å². The third-order valence-corrected chi connectivity index (χ3v) is 5.91. The Bertz CT molecular complexity index is 312. The second-order valence-electron chi connectivity index (χ2n) is 6.51. The van der Waals surface area contributed by atoms with Crippen molar-refractivity contribution in [1.29, 1.82) is 0 Å². The smallest absolute Gasteiger partial charge is 0.303 e. The van der Waals surface area contributed by atoms with Gasteiger partial charge < -0.3 is 5.11 Å². The Hall–Kier alpha value is -0.0500. The second-order valence-corrected chi connectivity index (χ2v) is 8.19. The molecule has 90 valence electrons. The summed E-state index contributed by atoms with van der Waals surface area (Å²) in [6, 6.07) is 0. The van der Waals surface area contributed by atoms with Crippen LogP contribution in [0.4, 0.5) is 0 Å². The molecular formula is C13H19BrO2. The highest BCUT2D eigenvalue weighted by Gasteiger charge is 2.56. The van der Waals surface area contributed by atoms with Crippen LogP contribution in [-0.4, -0.2) is 15.4 Å². The third-order valence-electron chi connectivity index (χ3n) is 4.98. The fourth-order valence-corrected chi connectivity index (χ4v) is 6.51. The van der Waals surface area contributed by atoms with Crippen molar-refractivity contribution >= 4 is 21.9 Å². The fourth-order valence-electron chi connectivity index (χ4n) is 5.00. The molecule has 2 atom stereocenters. The summed E-state index contributed by atoms with van der Waals surface area (Å²) in [5.41, 5.74) is 0.367. The van der Waals surface area contributed by atoms with Gasteiger partial charge in [-0.15, -0.1) is 0 Å². The third kappa shape index (κ3) is 1.81. The first kappa shape index (κ1) is 11.1. The number of carboxylic acid groups (broad SMARTS) is 1. The van der Waals surface area contributed by atoms with Crippen LogP contribution in [0, 0.1) is 17.3 Å². The zero-order valence-electron chi connectivity index (χ0n) is 9.54. The first-order valence-corrected chi connectivity index (χ1v) is 7.19. The Morgan fingerprint density at radius 2 is 1.88 bits per heavy atom. The van der Waals surface area contributed by atoms with Crippen molar-refractivity contribution in [2.75, 3.05) is 0 Å². The van der Waals surface area contributed by atoms with Crippen LogP contribution >= 0.6 is 15.9 Å². The predicted molar refractivity (Wildman–Crippen MR) is 65.6 cm³/mol. The number of aliphatic carboxylic acids is 1. The lowest BCUT2D eigenvalue weighted by Crippen LogP contribution is -2.52. The standard InChI is InChI=1S/C13H19BrO2/c14-13-6-9-3-10(7-13)5-12(4-9,8-13)2-1-11(15)16/h9-10H,1-8H2,(H,15,16)/t9-,10-,12?,13?/m0/s1. The first-order valence-electron chi connectivity index (χ1n) is 6.39. The molecule has 0 aromatic rings. The average Bonchev–Trinajstić information content (AvgIpc) is 2.10. The van der Waals surface area contributed by atoms with E-state index in [1.807, 2.05) is 0 Å². The van der Waals surface area contributed by atoms with E-state index >= 15 is 0 Å². The molecule has 3 heteroatoms. The summed E-state index contributed by atoms with van der Waals surface area (Å²) >= 11 is 3.95. The molecule has 0 aromatic heterocycles. The molecule has 16 heavy (non-hydrogen) atoms. The number of rotatable bonds is 3. The minimum absolute atomic E-state index is 0.364. The van der Waals surface area contributed by atoms with E-state index in [2.05, 4.69) is 15.9 Å². The summed E-state index contributed by atoms with van der Waals surface area (Å²) in [5.74, 6) is 1.11. The lowest BCUT2D eigenvalue weighted by Gasteiger charge is -2.60. The second kappa shape index (κ2) is 3.47. The zero-order valence-corrected chi connectivity index (χ0v) is 11.1. The lowest BCUT2D eigenvalue weighted by atomic mass is 9.48. The van der Waals surface area contributed by atoms with Gasteiger partial charge in [0, 0.05) is 10.7 Å². The van der Waals surface area contributed by atoms with Crippen LogP contribution < -0.4 is 0 Å². The minimum Gasteiger partial charge on any atom is -0.481 e. The number of carboxylic acids is 1. The van der Waals surface area contributed by atoms with Crippen LogP contribution in [0.25, 0.3) is 0 Å². The Morgan fingerprint density at radius 3 is 2.38 bits per heavy atom. The first-order chi connectivity index (χ1) is 7.49. The van der Waals surface area contributed by atoms with Gasteiger partial charge in [-0.2, -0.15) is 0 Å². The molecule has 0 saturated heterocycles. The van der Waals surface area contributed by atoms with Crippen molar-refractivity contribution in [2.24, 2.45) is 17.3 Å². The molecule has 0 aromatic carbocycles. The highest BCUT2D eigenvalue weighted by atomic mass is 79.9. The van der Waals surface area contributed by atoms with E-state index < -0.39 is 5.97 Å². The molecule has 4 saturated carbocycles. The Morgan fingerprint density at radius 1 is 1.25 bits per heavy atom. The van der Waals surface area contributed by atoms with E-state index in [4.69, 9.17) is 5.11 Å². The summed E-state index contributed by atoms with van der Waals surface area (Å²) in [7, 11) is 0. The van der Waals surface area contributed by atoms with Gasteiger partial charge in [-0.05, 0) is 62.2 Å². The van der Waals surface area contributed by atoms with Gasteiger partial charge in [0.25, 0.3) is 0 Å². The minimum atomic E-state index is -0.626. The summed E-state index contributed by atoms with van der Waals surface area (Å²) in [6.07, 6.45) is 9.15. The van der Waals surface area contributed by atoms with Crippen molar-refractivity contribution in [1.82, 2.24) is 0 Å². The van der Waals surface area contributed by atoms with Crippen molar-refractivity contribution < 1.29 is 9.90 Å². The van der Waals surface area contributed by atoms with Crippen molar-refractivity contribution in [2.45, 2.75) is 55.7 Å². The van der Waals surface area contributed by atoms with Gasteiger partial charge in [0.15, 0.2) is 0 Å². The molecule has 4 bridgehead atoms. The molecule has 0 spiro atoms. The van der Waals surface area contributed by atoms with E-state index in [0.717, 1.165) is 18.3 Å². The maximum atomic E-state index is 10.8. The summed E-state index contributed by atoms with van der Waals surface area (Å²) < 4.78 is 0.371. The van der Waals surface area contributed by atoms with Crippen LogP contribution in [-0.2, 0) is 4.79 Å². The highest BCUT2D eigenvalue weighted by molar-refractivity contribution is 9.10. The van der Waals surface area contributed by atoms with Gasteiger partial charge in [-0.1, -0.05) is 15.9 Å². The molecule has 0 unspecified atom stereocenters. The van der Waals surface area contributed by atoms with E-state index in [1.165, 1.54) is 38.5 Å². The Balaban J connectivity index is 1.78. The number of alkyl halides is 1. The summed E-state index contributed by atoms with van der Waals surface area (Å²) in [4.78, 5) is 10.8. The maximum Gasteiger partial charge on any atom is 0.303 e. The fraction of sp³-hybridized carbons (Fsp3) is 0.923. The molecule has 0 radical (unpaired) electrons. The van der Waals surface area contributed by atoms with E-state index in [0.29, 0.717) is 16.2 Å². The van der Waals surface area contributed by atoms with Crippen LogP contribution in [0.5, 0.6) is 0 Å². The van der Waals surface area contributed by atoms with Crippen molar-refractivity contribution in [3.05, 3.63) is 0 Å². The van der Waals surface area contributed by atoms with Crippen molar-refractivity contribution in [3.8, 4) is 0 Å². The van der Waals surface area contributed by atoms with E-state index in [1.54, 1.807) is 0 Å². The highest BCUT2D eigenvalue weighted by Crippen LogP contribution is 2.65. The quantitative estimate of drug-likeness (QED) is 0.805. The monoisotopic (exact) mass is 286 g/mol. The van der Waals surface area contributed by atoms with Crippen LogP contribution in [0.15, 0.2) is 0 Å². The summed E-state index contributed by atoms with van der Waals surface area (Å²) in [6.45, 7) is 0. The van der Waals surface area contributed by atoms with Crippen LogP contribution in [0.1, 0.15) is 51.4 Å². The maximum absolute atomic E-state index is 10.8. The Labute approximate surface area is 105 Å². The molecule has 4 rings (SSSR count). The molecule has 2 nitrogen and oxygen atoms in total. The van der Waals surface area contributed by atoms with Gasteiger partial charge in [-0.3, -0.25) is 4.79 Å². The largest absolute Gasteiger partial charge is 0.481 e. The normalized spacial score (nSPS) is 49.6. The van der Waals surface area contributed by atoms with Crippen LogP contribution in [0.3, 0.4) is 0 Å². The summed E-state index contributed by atoms with van der Waals surface area (Å²) in [5, 5.41) is 8.87. The molecule has 4 aliphatic rings. The SMILES string of the molecule is O=C(O)CCC12C[C@@H]3C[C@H](CC(Br)(C3)C1)C2. The molecule has 0 heterocycles. The number of carbonyl (C=O) groups is 1. The van der Waals surface area contributed by atoms with Gasteiger partial charge >= 0.3 is 5.97 Å². The van der Waals surface area contributed by atoms with Crippen LogP contribution in [0.2, 0.25) is 0 Å². The number of hydrogen-bond acceptors (Lipinski definition) is 1. The van der Waals surface area contributed by atoms with Gasteiger partial charge in [0.2, 0.25) is 0 Å². The average molecular weight is 287 g/mol. The van der Waals surface area contributed by atoms with E-state index in [9.17, 15) is 4.79 Å². The molecule has 1 N–H and O–H groups in total.